The number of nitro groups is 1. The molecule has 0 saturated carbocycles. The van der Waals surface area contributed by atoms with Gasteiger partial charge in [-0.2, -0.15) is 5.26 Å². The number of aromatic hydroxyl groups is 2. The van der Waals surface area contributed by atoms with Gasteiger partial charge in [0.05, 0.1) is 10.4 Å². The minimum absolute atomic E-state index is 0.0355. The Hall–Kier alpha value is -4.12. The molecule has 0 atom stereocenters. The fourth-order valence-corrected chi connectivity index (χ4v) is 2.55. The van der Waals surface area contributed by atoms with E-state index in [1.54, 1.807) is 24.3 Å². The lowest BCUT2D eigenvalue weighted by atomic mass is 10.1. The minimum Gasteiger partial charge on any atom is -0.504 e. The van der Waals surface area contributed by atoms with Gasteiger partial charge in [0.1, 0.15) is 11.6 Å². The van der Waals surface area contributed by atoms with Crippen LogP contribution in [0.4, 0.5) is 5.69 Å². The van der Waals surface area contributed by atoms with Crippen LogP contribution in [0.2, 0.25) is 0 Å². The van der Waals surface area contributed by atoms with Crippen molar-refractivity contribution in [3.63, 3.8) is 0 Å². The average Bonchev–Trinajstić information content (AvgIpc) is 3.05. The zero-order chi connectivity index (χ0) is 18.8. The molecule has 1 heterocycles. The smallest absolute Gasteiger partial charge is 0.315 e. The number of nitrogens with zero attached hydrogens (tertiary/aromatic N) is 3. The minimum atomic E-state index is -0.881. The molecule has 0 fully saturated rings. The fraction of sp³-hybridized carbons (Fsp3) is 0. The molecule has 0 amide bonds. The van der Waals surface area contributed by atoms with Crippen molar-refractivity contribution in [2.24, 2.45) is 0 Å². The number of phenols is 2. The van der Waals surface area contributed by atoms with E-state index >= 15 is 0 Å². The number of aromatic nitrogens is 1. The summed E-state index contributed by atoms with van der Waals surface area (Å²) in [6.45, 7) is 0. The summed E-state index contributed by atoms with van der Waals surface area (Å²) in [5, 5.41) is 40.2. The van der Waals surface area contributed by atoms with Gasteiger partial charge in [-0.1, -0.05) is 18.2 Å². The molecule has 0 aliphatic heterocycles. The van der Waals surface area contributed by atoms with E-state index in [1.165, 1.54) is 10.8 Å². The summed E-state index contributed by atoms with van der Waals surface area (Å²) in [5.41, 5.74) is -0.371. The monoisotopic (exact) mass is 349 g/mol. The van der Waals surface area contributed by atoms with Gasteiger partial charge in [0.15, 0.2) is 5.75 Å². The number of allylic oxidation sites excluding steroid dienone is 1. The number of fused-ring (bicyclic) bond motifs is 1. The number of phenolic OH excluding ortho intramolecular Hbond substituents is 2. The highest BCUT2D eigenvalue weighted by molar-refractivity contribution is 6.07. The number of para-hydroxylation sites is 1. The molecule has 128 valence electrons. The zero-order valence-electron chi connectivity index (χ0n) is 13.2. The van der Waals surface area contributed by atoms with E-state index in [0.717, 1.165) is 23.6 Å². The fourth-order valence-electron chi connectivity index (χ4n) is 2.55. The number of hydrogen-bond donors (Lipinski definition) is 2. The summed E-state index contributed by atoms with van der Waals surface area (Å²) in [7, 11) is 0. The van der Waals surface area contributed by atoms with Gasteiger partial charge in [0.25, 0.3) is 5.91 Å². The van der Waals surface area contributed by atoms with Crippen molar-refractivity contribution < 1.29 is 19.9 Å². The van der Waals surface area contributed by atoms with E-state index in [2.05, 4.69) is 0 Å². The molecule has 26 heavy (non-hydrogen) atoms. The summed E-state index contributed by atoms with van der Waals surface area (Å²) in [6, 6.07) is 12.6. The maximum Gasteiger partial charge on any atom is 0.315 e. The van der Waals surface area contributed by atoms with Crippen LogP contribution in [0.25, 0.3) is 17.0 Å². The summed E-state index contributed by atoms with van der Waals surface area (Å²) in [5.74, 6) is -2.22. The number of carbonyl (C=O) groups excluding carboxylic acids is 1. The van der Waals surface area contributed by atoms with Crippen LogP contribution in [0.15, 0.2) is 54.2 Å². The Morgan fingerprint density at radius 3 is 2.65 bits per heavy atom. The quantitative estimate of drug-likeness (QED) is 0.245. The molecule has 2 N–H and O–H groups in total. The topological polar surface area (TPSA) is 129 Å². The predicted molar refractivity (Wildman–Crippen MR) is 92.6 cm³/mol. The molecule has 2 aromatic carbocycles. The standard InChI is InChI=1S/C18H11N3O5/c19-10-13(7-11-8-15(21(25)26)17(23)16(22)9-11)18(24)20-6-5-12-3-1-2-4-14(12)20/h1-9,22-23H/b13-7+. The van der Waals surface area contributed by atoms with Crippen molar-refractivity contribution in [1.82, 2.24) is 4.57 Å². The third-order valence-electron chi connectivity index (χ3n) is 3.77. The molecule has 1 aromatic heterocycles. The molecule has 0 saturated heterocycles. The molecule has 8 nitrogen and oxygen atoms in total. The lowest BCUT2D eigenvalue weighted by molar-refractivity contribution is -0.386. The van der Waals surface area contributed by atoms with Crippen LogP contribution in [0.1, 0.15) is 10.4 Å². The molecule has 0 spiro atoms. The van der Waals surface area contributed by atoms with Gasteiger partial charge >= 0.3 is 5.69 Å². The summed E-state index contributed by atoms with van der Waals surface area (Å²) >= 11 is 0. The van der Waals surface area contributed by atoms with Gasteiger partial charge in [0, 0.05) is 17.6 Å². The van der Waals surface area contributed by atoms with E-state index in [1.807, 2.05) is 12.1 Å². The van der Waals surface area contributed by atoms with Gasteiger partial charge in [-0.25, -0.2) is 0 Å². The van der Waals surface area contributed by atoms with Crippen LogP contribution in [0.3, 0.4) is 0 Å². The van der Waals surface area contributed by atoms with Crippen molar-refractivity contribution >= 4 is 28.6 Å². The second-order valence-corrected chi connectivity index (χ2v) is 5.38. The lowest BCUT2D eigenvalue weighted by Crippen LogP contribution is -2.11. The van der Waals surface area contributed by atoms with Crippen molar-refractivity contribution in [2.75, 3.05) is 0 Å². The van der Waals surface area contributed by atoms with Crippen LogP contribution >= 0.6 is 0 Å². The highest BCUT2D eigenvalue weighted by Crippen LogP contribution is 2.36. The molecule has 0 aliphatic rings. The van der Waals surface area contributed by atoms with Crippen LogP contribution in [0.5, 0.6) is 11.5 Å². The molecule has 0 radical (unpaired) electrons. The van der Waals surface area contributed by atoms with Crippen molar-refractivity contribution in [2.45, 2.75) is 0 Å². The number of nitro benzene ring substituents is 1. The molecule has 8 heteroatoms. The first kappa shape index (κ1) is 16.7. The van der Waals surface area contributed by atoms with Crippen molar-refractivity contribution in [1.29, 1.82) is 5.26 Å². The molecular formula is C18H11N3O5. The second kappa shape index (κ2) is 6.41. The van der Waals surface area contributed by atoms with Crippen LogP contribution in [-0.4, -0.2) is 25.6 Å². The van der Waals surface area contributed by atoms with E-state index in [9.17, 15) is 30.4 Å². The third-order valence-corrected chi connectivity index (χ3v) is 3.77. The SMILES string of the molecule is N#C/C(=C\c1cc(O)c(O)c([N+](=O)[O-])c1)C(=O)n1ccc2ccccc21. The van der Waals surface area contributed by atoms with Crippen molar-refractivity contribution in [3.8, 4) is 17.6 Å². The summed E-state index contributed by atoms with van der Waals surface area (Å²) in [6.07, 6.45) is 2.64. The maximum absolute atomic E-state index is 12.7. The van der Waals surface area contributed by atoms with Gasteiger partial charge in [-0.05, 0) is 29.8 Å². The summed E-state index contributed by atoms with van der Waals surface area (Å²) < 4.78 is 1.29. The Morgan fingerprint density at radius 2 is 1.96 bits per heavy atom. The highest BCUT2D eigenvalue weighted by Gasteiger charge is 2.20. The number of rotatable bonds is 3. The Bertz CT molecular complexity index is 1120. The Balaban J connectivity index is 2.08. The number of benzene rings is 2. The summed E-state index contributed by atoms with van der Waals surface area (Å²) in [4.78, 5) is 22.7. The number of hydrogen-bond acceptors (Lipinski definition) is 6. The van der Waals surface area contributed by atoms with E-state index < -0.39 is 28.0 Å². The molecule has 3 aromatic rings. The Kier molecular flexibility index (Phi) is 4.12. The lowest BCUT2D eigenvalue weighted by Gasteiger charge is -2.04. The maximum atomic E-state index is 12.7. The molecule has 0 bridgehead atoms. The molecule has 3 rings (SSSR count). The number of carbonyl (C=O) groups is 1. The third kappa shape index (κ3) is 2.85. The average molecular weight is 349 g/mol. The molecule has 0 unspecified atom stereocenters. The molecular weight excluding hydrogens is 338 g/mol. The second-order valence-electron chi connectivity index (χ2n) is 5.38. The van der Waals surface area contributed by atoms with Gasteiger partial charge in [0.2, 0.25) is 5.75 Å². The van der Waals surface area contributed by atoms with Crippen LogP contribution in [0, 0.1) is 21.4 Å². The van der Waals surface area contributed by atoms with Crippen LogP contribution < -0.4 is 0 Å². The van der Waals surface area contributed by atoms with Crippen molar-refractivity contribution in [3.05, 3.63) is 69.9 Å². The first-order valence-electron chi connectivity index (χ1n) is 7.35. The highest BCUT2D eigenvalue weighted by atomic mass is 16.6. The Morgan fingerprint density at radius 1 is 1.23 bits per heavy atom. The largest absolute Gasteiger partial charge is 0.504 e. The zero-order valence-corrected chi connectivity index (χ0v) is 13.2. The van der Waals surface area contributed by atoms with E-state index in [0.29, 0.717) is 5.52 Å². The first-order valence-corrected chi connectivity index (χ1v) is 7.35. The molecule has 0 aliphatic carbocycles. The normalized spacial score (nSPS) is 11.3. The van der Waals surface area contributed by atoms with E-state index in [-0.39, 0.29) is 11.1 Å². The number of nitriles is 1. The van der Waals surface area contributed by atoms with Crippen LogP contribution in [-0.2, 0) is 0 Å². The first-order chi connectivity index (χ1) is 12.4. The van der Waals surface area contributed by atoms with Gasteiger partial charge < -0.3 is 10.2 Å². The Labute approximate surface area is 146 Å². The van der Waals surface area contributed by atoms with Gasteiger partial charge in [-0.15, -0.1) is 0 Å². The predicted octanol–water partition coefficient (Wildman–Crippen LogP) is 3.21. The van der Waals surface area contributed by atoms with Gasteiger partial charge in [-0.3, -0.25) is 19.5 Å². The van der Waals surface area contributed by atoms with E-state index in [4.69, 9.17) is 0 Å².